The first kappa shape index (κ1) is 10.2. The average Bonchev–Trinajstić information content (AvgIpc) is 2.68. The summed E-state index contributed by atoms with van der Waals surface area (Å²) in [7, 11) is 0. The summed E-state index contributed by atoms with van der Waals surface area (Å²) in [4.78, 5) is 4.35. The van der Waals surface area contributed by atoms with Gasteiger partial charge < -0.3 is 5.73 Å². The van der Waals surface area contributed by atoms with Crippen molar-refractivity contribution in [2.24, 2.45) is 0 Å². The number of aromatic nitrogens is 1. The molecule has 0 aliphatic carbocycles. The van der Waals surface area contributed by atoms with Gasteiger partial charge in [-0.05, 0) is 12.0 Å². The van der Waals surface area contributed by atoms with E-state index >= 15 is 0 Å². The quantitative estimate of drug-likeness (QED) is 0.858. The Hall–Kier alpha value is -1.35. The fraction of sp³-hybridized carbons (Fsp3) is 0.250. The zero-order chi connectivity index (χ0) is 10.7. The normalized spacial score (nSPS) is 12.6. The highest BCUT2D eigenvalue weighted by Gasteiger charge is 2.14. The van der Waals surface area contributed by atoms with Crippen molar-refractivity contribution >= 4 is 16.5 Å². The second-order valence-corrected chi connectivity index (χ2v) is 4.37. The van der Waals surface area contributed by atoms with Crippen LogP contribution >= 0.6 is 11.3 Å². The van der Waals surface area contributed by atoms with E-state index in [2.05, 4.69) is 41.6 Å². The molecule has 1 unspecified atom stereocenters. The molecule has 0 radical (unpaired) electrons. The Kier molecular flexibility index (Phi) is 3.02. The first-order chi connectivity index (χ1) is 7.31. The Bertz CT molecular complexity index is 422. The number of rotatable bonds is 3. The van der Waals surface area contributed by atoms with Crippen molar-refractivity contribution < 1.29 is 0 Å². The molecule has 3 heteroatoms. The minimum atomic E-state index is 0.375. The van der Waals surface area contributed by atoms with Gasteiger partial charge in [-0.15, -0.1) is 11.3 Å². The van der Waals surface area contributed by atoms with Gasteiger partial charge in [0.1, 0.15) is 0 Å². The van der Waals surface area contributed by atoms with Crippen LogP contribution in [0.1, 0.15) is 30.5 Å². The summed E-state index contributed by atoms with van der Waals surface area (Å²) in [6.45, 7) is 2.17. The van der Waals surface area contributed by atoms with Crippen LogP contribution in [0.2, 0.25) is 0 Å². The SMILES string of the molecule is CCC(c1ccccc1)c1csc(N)n1. The minimum absolute atomic E-state index is 0.375. The van der Waals surface area contributed by atoms with Crippen molar-refractivity contribution in [2.45, 2.75) is 19.3 Å². The Balaban J connectivity index is 2.33. The lowest BCUT2D eigenvalue weighted by atomic mass is 9.94. The standard InChI is InChI=1S/C12H14N2S/c1-2-10(9-6-4-3-5-7-9)11-8-15-12(13)14-11/h3-8,10H,2H2,1H3,(H2,13,14). The molecule has 2 nitrogen and oxygen atoms in total. The van der Waals surface area contributed by atoms with Gasteiger partial charge in [0, 0.05) is 11.3 Å². The van der Waals surface area contributed by atoms with Crippen LogP contribution in [-0.2, 0) is 0 Å². The van der Waals surface area contributed by atoms with Crippen molar-refractivity contribution in [3.63, 3.8) is 0 Å². The van der Waals surface area contributed by atoms with Gasteiger partial charge in [-0.25, -0.2) is 4.98 Å². The summed E-state index contributed by atoms with van der Waals surface area (Å²) in [6, 6.07) is 10.4. The first-order valence-electron chi connectivity index (χ1n) is 5.07. The predicted octanol–water partition coefficient (Wildman–Crippen LogP) is 3.27. The molecule has 78 valence electrons. The van der Waals surface area contributed by atoms with Gasteiger partial charge in [-0.1, -0.05) is 37.3 Å². The zero-order valence-corrected chi connectivity index (χ0v) is 9.50. The molecule has 2 N–H and O–H groups in total. The van der Waals surface area contributed by atoms with E-state index in [0.717, 1.165) is 12.1 Å². The molecule has 2 aromatic rings. The summed E-state index contributed by atoms with van der Waals surface area (Å²) in [5.41, 5.74) is 8.06. The smallest absolute Gasteiger partial charge is 0.180 e. The van der Waals surface area contributed by atoms with Gasteiger partial charge in [0.15, 0.2) is 5.13 Å². The largest absolute Gasteiger partial charge is 0.375 e. The lowest BCUT2D eigenvalue weighted by molar-refractivity contribution is 0.757. The molecule has 2 rings (SSSR count). The van der Waals surface area contributed by atoms with Crippen LogP contribution in [0.4, 0.5) is 5.13 Å². The van der Waals surface area contributed by atoms with E-state index in [9.17, 15) is 0 Å². The van der Waals surface area contributed by atoms with E-state index in [1.165, 1.54) is 16.9 Å². The molecule has 1 heterocycles. The van der Waals surface area contributed by atoms with Crippen LogP contribution in [-0.4, -0.2) is 4.98 Å². The van der Waals surface area contributed by atoms with Crippen molar-refractivity contribution in [3.05, 3.63) is 47.0 Å². The number of hydrogen-bond acceptors (Lipinski definition) is 3. The molecule has 0 spiro atoms. The van der Waals surface area contributed by atoms with Crippen LogP contribution in [0.15, 0.2) is 35.7 Å². The Morgan fingerprint density at radius 1 is 1.33 bits per heavy atom. The van der Waals surface area contributed by atoms with E-state index in [1.807, 2.05) is 6.07 Å². The molecular weight excluding hydrogens is 204 g/mol. The molecule has 1 atom stereocenters. The van der Waals surface area contributed by atoms with Gasteiger partial charge >= 0.3 is 0 Å². The van der Waals surface area contributed by atoms with Crippen LogP contribution in [0.3, 0.4) is 0 Å². The number of hydrogen-bond donors (Lipinski definition) is 1. The van der Waals surface area contributed by atoms with Crippen LogP contribution in [0.25, 0.3) is 0 Å². The highest BCUT2D eigenvalue weighted by atomic mass is 32.1. The van der Waals surface area contributed by atoms with Crippen molar-refractivity contribution in [3.8, 4) is 0 Å². The first-order valence-corrected chi connectivity index (χ1v) is 5.95. The molecule has 0 bridgehead atoms. The maximum Gasteiger partial charge on any atom is 0.180 e. The summed E-state index contributed by atoms with van der Waals surface area (Å²) in [5, 5.41) is 2.70. The number of anilines is 1. The predicted molar refractivity (Wildman–Crippen MR) is 65.1 cm³/mol. The fourth-order valence-electron chi connectivity index (χ4n) is 1.76. The van der Waals surface area contributed by atoms with Crippen LogP contribution in [0, 0.1) is 0 Å². The molecule has 1 aromatic heterocycles. The molecule has 0 saturated heterocycles. The second-order valence-electron chi connectivity index (χ2n) is 3.48. The van der Waals surface area contributed by atoms with Gasteiger partial charge in [-0.3, -0.25) is 0 Å². The summed E-state index contributed by atoms with van der Waals surface area (Å²) >= 11 is 1.51. The third-order valence-electron chi connectivity index (χ3n) is 2.51. The molecule has 0 amide bonds. The van der Waals surface area contributed by atoms with E-state index in [0.29, 0.717) is 11.0 Å². The average molecular weight is 218 g/mol. The van der Waals surface area contributed by atoms with E-state index in [4.69, 9.17) is 5.73 Å². The minimum Gasteiger partial charge on any atom is -0.375 e. The van der Waals surface area contributed by atoms with Crippen molar-refractivity contribution in [2.75, 3.05) is 5.73 Å². The fourth-order valence-corrected chi connectivity index (χ4v) is 2.38. The maximum atomic E-state index is 5.66. The van der Waals surface area contributed by atoms with Crippen molar-refractivity contribution in [1.82, 2.24) is 4.98 Å². The second kappa shape index (κ2) is 4.45. The maximum absolute atomic E-state index is 5.66. The van der Waals surface area contributed by atoms with Gasteiger partial charge in [0.05, 0.1) is 5.69 Å². The Morgan fingerprint density at radius 2 is 2.07 bits per heavy atom. The van der Waals surface area contributed by atoms with E-state index < -0.39 is 0 Å². The molecule has 0 aliphatic rings. The molecule has 1 aromatic carbocycles. The van der Waals surface area contributed by atoms with E-state index in [-0.39, 0.29) is 0 Å². The summed E-state index contributed by atoms with van der Waals surface area (Å²) in [5.74, 6) is 0.375. The molecule has 0 aliphatic heterocycles. The molecular formula is C12H14N2S. The molecule has 15 heavy (non-hydrogen) atoms. The molecule has 0 saturated carbocycles. The number of nitrogens with zero attached hydrogens (tertiary/aromatic N) is 1. The highest BCUT2D eigenvalue weighted by molar-refractivity contribution is 7.13. The monoisotopic (exact) mass is 218 g/mol. The number of nitrogen functional groups attached to an aromatic ring is 1. The third kappa shape index (κ3) is 2.18. The van der Waals surface area contributed by atoms with Gasteiger partial charge in [-0.2, -0.15) is 0 Å². The number of thiazole rings is 1. The van der Waals surface area contributed by atoms with Crippen molar-refractivity contribution in [1.29, 1.82) is 0 Å². The zero-order valence-electron chi connectivity index (χ0n) is 8.68. The van der Waals surface area contributed by atoms with Gasteiger partial charge in [0.25, 0.3) is 0 Å². The Morgan fingerprint density at radius 3 is 2.60 bits per heavy atom. The Labute approximate surface area is 93.8 Å². The lowest BCUT2D eigenvalue weighted by Gasteiger charge is -2.12. The summed E-state index contributed by atoms with van der Waals surface area (Å²) in [6.07, 6.45) is 1.05. The van der Waals surface area contributed by atoms with Crippen LogP contribution < -0.4 is 5.73 Å². The highest BCUT2D eigenvalue weighted by Crippen LogP contribution is 2.29. The van der Waals surface area contributed by atoms with Crippen LogP contribution in [0.5, 0.6) is 0 Å². The number of nitrogens with two attached hydrogens (primary N) is 1. The lowest BCUT2D eigenvalue weighted by Crippen LogP contribution is -2.00. The third-order valence-corrected chi connectivity index (χ3v) is 3.20. The topological polar surface area (TPSA) is 38.9 Å². The number of benzene rings is 1. The van der Waals surface area contributed by atoms with Gasteiger partial charge in [0.2, 0.25) is 0 Å². The summed E-state index contributed by atoms with van der Waals surface area (Å²) < 4.78 is 0. The molecule has 0 fully saturated rings. The van der Waals surface area contributed by atoms with E-state index in [1.54, 1.807) is 0 Å².